The van der Waals surface area contributed by atoms with E-state index in [0.717, 1.165) is 0 Å². The van der Waals surface area contributed by atoms with Gasteiger partial charge in [-0.05, 0) is 0 Å². The van der Waals surface area contributed by atoms with Crippen molar-refractivity contribution in [1.29, 1.82) is 0 Å². The standard InChI is InChI=1S/12Mo.HO4Si.36O/c;;;;;;;;;;;;1-5(2,3)4;;;;;;;;;;;;;;;;;;;;;;;;;;;;;;;;;;;;/h;;;;;;;;;;;;1H;;;;;;;;;;;;;;;;;;;;;;;;;;;;;;;;;;;;/q;;;;;;;;;;;;-3;;;;;;;;;;;;;;;;;;;;;;;;;;;;;;;;;;;;. The monoisotopic (exact) mass is 1840 g/mol. The Morgan fingerprint density at radius 3 is 0.302 bits per heavy atom. The first-order chi connectivity index (χ1) is 22.5. The molecule has 0 aromatic heterocycles. The van der Waals surface area contributed by atoms with Crippen LogP contribution in [0.4, 0.5) is 0 Å². The first kappa shape index (κ1) is 39.5. The number of rotatable bonds is 0. The maximum absolute atomic E-state index is 15.2. The normalized spacial score (nSPS) is 57.7. The van der Waals surface area contributed by atoms with Gasteiger partial charge in [-0.25, -0.2) is 0 Å². The van der Waals surface area contributed by atoms with Crippen LogP contribution in [0.25, 0.3) is 0 Å². The molecule has 0 radical (unpaired) electrons. The second-order valence-corrected chi connectivity index (χ2v) is 107. The molecule has 40 nitrogen and oxygen atoms in total. The molecule has 8 heterocycles. The summed E-state index contributed by atoms with van der Waals surface area (Å²) in [4.78, 5) is 33.1. The van der Waals surface area contributed by atoms with Crippen LogP contribution in [-0.2, 0) is 285 Å². The van der Waals surface area contributed by atoms with Crippen LogP contribution in [0.2, 0.25) is 0 Å². The van der Waals surface area contributed by atoms with Crippen molar-refractivity contribution in [2.24, 2.45) is 0 Å². The fourth-order valence-corrected chi connectivity index (χ4v) is 321. The van der Waals surface area contributed by atoms with Gasteiger partial charge in [0, 0.05) is 0 Å². The maximum atomic E-state index is 15.2. The van der Waals surface area contributed by atoms with Crippen LogP contribution in [0.1, 0.15) is 0 Å². The third-order valence-corrected chi connectivity index (χ3v) is 187. The molecule has 8 aliphatic rings. The van der Waals surface area contributed by atoms with Crippen LogP contribution in [0.3, 0.4) is 0 Å². The molecule has 8 saturated heterocycles. The summed E-state index contributed by atoms with van der Waals surface area (Å²) in [6.07, 6.45) is 0. The Morgan fingerprint density at radius 2 is 0.264 bits per heavy atom. The Labute approximate surface area is 307 Å². The van der Waals surface area contributed by atoms with Crippen molar-refractivity contribution < 1.29 is 305 Å². The molecule has 0 bridgehead atoms. The molecule has 320 valence electrons. The van der Waals surface area contributed by atoms with Crippen molar-refractivity contribution in [3.05, 3.63) is 0 Å². The van der Waals surface area contributed by atoms with Gasteiger partial charge in [-0.1, -0.05) is 0 Å². The second-order valence-electron chi connectivity index (χ2n) is 10.3. The fraction of sp³-hybridized carbons (Fsp3) is 0. The second kappa shape index (κ2) is 7.43. The third kappa shape index (κ3) is 4.43. The zero-order valence-electron chi connectivity index (χ0n) is 21.8. The summed E-state index contributed by atoms with van der Waals surface area (Å²) in [6.45, 7) is 0. The fourth-order valence-electron chi connectivity index (χ4n) is 5.17. The van der Waals surface area contributed by atoms with Crippen LogP contribution >= 0.6 is 0 Å². The van der Waals surface area contributed by atoms with Crippen molar-refractivity contribution in [2.45, 2.75) is 0 Å². The van der Waals surface area contributed by atoms with Gasteiger partial charge in [0.1, 0.15) is 0 Å². The molecule has 0 amide bonds. The van der Waals surface area contributed by atoms with Gasteiger partial charge >= 0.3 is 285 Å². The quantitative estimate of drug-likeness (QED) is 0.220. The molecule has 0 saturated carbocycles. The topological polar surface area (TPSA) is 516 Å². The number of hydrogen-bond acceptors (Lipinski definition) is 40. The molecule has 0 atom stereocenters. The van der Waals surface area contributed by atoms with Gasteiger partial charge in [0.05, 0.1) is 0 Å². The molecule has 1 N–H and O–H groups in total. The van der Waals surface area contributed by atoms with Crippen molar-refractivity contribution in [3.63, 3.8) is 0 Å². The Kier molecular flexibility index (Phi) is 5.54. The molecule has 8 rings (SSSR count). The zero-order chi connectivity index (χ0) is 38.8. The SMILES string of the molecule is [O-][Si]([O-])([O-])O.[O]=[Mo]123[O][Mo]45(=[O])[O][Mo]6(=[O])([O]1)[O][Mo]17(=[O])[O][Mo]8(=[O])([O]2)[O][Mo]2(=[O])([O]3)[O][Mo]3(=[O])([O]4)[O][Mo]4(=[O])([O]5)[O][Mo](=[O])([O]6)([O]1)[O][Mo]1(=[O])([O]4)[O][Mo](=[O])([O]2)([O]3)[O][Mo](=[O])([O]8)([O]7)[O]1. The Morgan fingerprint density at radius 1 is 0.226 bits per heavy atom. The van der Waals surface area contributed by atoms with E-state index >= 15 is 40.8 Å². The van der Waals surface area contributed by atoms with Crippen molar-refractivity contribution >= 4 is 9.05 Å². The zero-order valence-corrected chi connectivity index (χ0v) is 46.9. The van der Waals surface area contributed by atoms with Crippen LogP contribution in [-0.4, -0.2) is 13.8 Å². The molecule has 53 heteroatoms. The van der Waals surface area contributed by atoms with E-state index in [-0.39, 0.29) is 0 Å². The summed E-state index contributed by atoms with van der Waals surface area (Å²) in [5, 5.41) is 0. The molecule has 8 aliphatic heterocycles. The van der Waals surface area contributed by atoms with E-state index in [0.29, 0.717) is 0 Å². The molecule has 0 aliphatic carbocycles. The van der Waals surface area contributed by atoms with Crippen LogP contribution < -0.4 is 14.4 Å². The first-order valence-electron chi connectivity index (χ1n) is 10.8. The van der Waals surface area contributed by atoms with E-state index in [1.807, 2.05) is 0 Å². The predicted molar refractivity (Wildman–Crippen MR) is 42.3 cm³/mol. The Balaban J connectivity index is 0.000000595. The van der Waals surface area contributed by atoms with Crippen molar-refractivity contribution in [1.82, 2.24) is 0 Å². The van der Waals surface area contributed by atoms with Crippen LogP contribution in [0.15, 0.2) is 0 Å². The van der Waals surface area contributed by atoms with E-state index in [9.17, 15) is 0 Å². The van der Waals surface area contributed by atoms with Gasteiger partial charge in [0.25, 0.3) is 0 Å². The predicted octanol–water partition coefficient (Wildman–Crippen LogP) is -7.60. The third-order valence-electron chi connectivity index (χ3n) is 5.33. The summed E-state index contributed by atoms with van der Waals surface area (Å²) in [7, 11) is -5.36. The molecule has 12 spiro atoms. The molecule has 53 heavy (non-hydrogen) atoms. The van der Waals surface area contributed by atoms with E-state index in [1.165, 1.54) is 0 Å². The molecule has 0 unspecified atom stereocenters. The van der Waals surface area contributed by atoms with Gasteiger partial charge in [0.15, 0.2) is 0 Å². The van der Waals surface area contributed by atoms with Gasteiger partial charge in [-0.15, -0.1) is 9.05 Å². The van der Waals surface area contributed by atoms with Crippen LogP contribution in [0.5, 0.6) is 0 Å². The Bertz CT molecular complexity index is 2040. The molecule has 8 fully saturated rings. The minimum absolute atomic E-state index is 4.62. The summed E-state index contributed by atoms with van der Waals surface area (Å²) < 4.78 is 293. The van der Waals surface area contributed by atoms with Crippen LogP contribution in [0, 0.1) is 0 Å². The van der Waals surface area contributed by atoms with Gasteiger partial charge < -0.3 is 19.2 Å². The van der Waals surface area contributed by atoms with Crippen molar-refractivity contribution in [2.75, 3.05) is 0 Å². The van der Waals surface area contributed by atoms with Gasteiger partial charge in [-0.3, -0.25) is 0 Å². The summed E-state index contributed by atoms with van der Waals surface area (Å²) in [6, 6.07) is 0. The Hall–Kier alpha value is 4.96. The minimum atomic E-state index is -10.0. The van der Waals surface area contributed by atoms with E-state index in [1.54, 1.807) is 0 Å². The van der Waals surface area contributed by atoms with Gasteiger partial charge in [0.2, 0.25) is 0 Å². The van der Waals surface area contributed by atoms with Crippen molar-refractivity contribution in [3.8, 4) is 0 Å². The summed E-state index contributed by atoms with van der Waals surface area (Å²) in [5.74, 6) is 0. The van der Waals surface area contributed by atoms with E-state index < -0.39 is 205 Å². The average Bonchev–Trinajstić information content (AvgIpc) is 2.49. The summed E-state index contributed by atoms with van der Waals surface area (Å²) >= 11 is -120. The van der Waals surface area contributed by atoms with E-state index in [4.69, 9.17) is 19.2 Å². The number of hydrogen-bond donors (Lipinski definition) is 1. The van der Waals surface area contributed by atoms with E-state index in [2.05, 4.69) is 49.0 Å². The van der Waals surface area contributed by atoms with Gasteiger partial charge in [-0.2, -0.15) is 0 Å². The molecule has 0 aromatic carbocycles. The average molecular weight is 1820 g/mol. The summed E-state index contributed by atoms with van der Waals surface area (Å²) in [5.41, 5.74) is 0. The first-order valence-corrected chi connectivity index (χ1v) is 61.7. The molecule has 0 aromatic rings. The molecular formula is HMo12O40Si-3. The molecular weight excluding hydrogens is 1820 g/mol.